The first-order valence-corrected chi connectivity index (χ1v) is 9.23. The zero-order valence-electron chi connectivity index (χ0n) is 16.1. The monoisotopic (exact) mass is 407 g/mol. The summed E-state index contributed by atoms with van der Waals surface area (Å²) in [7, 11) is 0. The van der Waals surface area contributed by atoms with E-state index >= 15 is 0 Å². The molecule has 1 heterocycles. The highest BCUT2D eigenvalue weighted by atomic mass is 19.1. The van der Waals surface area contributed by atoms with Crippen molar-refractivity contribution in [3.63, 3.8) is 0 Å². The second-order valence-corrected chi connectivity index (χ2v) is 6.47. The quantitative estimate of drug-likeness (QED) is 0.465. The van der Waals surface area contributed by atoms with Crippen LogP contribution in [0.25, 0.3) is 11.1 Å². The molecule has 0 aliphatic carbocycles. The standard InChI is InChI=1S/C24H14FN5O/c25-22-13-20(9-10-21(22)18-5-1-16(14-26)2-6-18)31-23-11-12-28-24(30-23)29-19-7-3-17(15-27)4-8-19/h1-13H,(H,28,29,30). The molecule has 0 saturated carbocycles. The molecule has 0 atom stereocenters. The second-order valence-electron chi connectivity index (χ2n) is 6.47. The molecule has 0 aliphatic rings. The van der Waals surface area contributed by atoms with Crippen molar-refractivity contribution in [2.24, 2.45) is 0 Å². The number of benzene rings is 3. The van der Waals surface area contributed by atoms with Crippen molar-refractivity contribution in [1.82, 2.24) is 9.97 Å². The van der Waals surface area contributed by atoms with Crippen molar-refractivity contribution in [2.45, 2.75) is 0 Å². The van der Waals surface area contributed by atoms with Gasteiger partial charge in [0, 0.05) is 29.6 Å². The first-order chi connectivity index (χ1) is 15.1. The van der Waals surface area contributed by atoms with Gasteiger partial charge in [-0.2, -0.15) is 15.5 Å². The minimum Gasteiger partial charge on any atom is -0.439 e. The predicted molar refractivity (Wildman–Crippen MR) is 113 cm³/mol. The van der Waals surface area contributed by atoms with Gasteiger partial charge in [-0.3, -0.25) is 0 Å². The van der Waals surface area contributed by atoms with Gasteiger partial charge in [0.25, 0.3) is 0 Å². The van der Waals surface area contributed by atoms with Gasteiger partial charge < -0.3 is 10.1 Å². The molecule has 0 unspecified atom stereocenters. The zero-order chi connectivity index (χ0) is 21.6. The Morgan fingerprint density at radius 2 is 1.52 bits per heavy atom. The van der Waals surface area contributed by atoms with Crippen molar-refractivity contribution in [1.29, 1.82) is 10.5 Å². The lowest BCUT2D eigenvalue weighted by Crippen LogP contribution is -1.98. The summed E-state index contributed by atoms with van der Waals surface area (Å²) in [6.45, 7) is 0. The Morgan fingerprint density at radius 1 is 0.839 bits per heavy atom. The maximum Gasteiger partial charge on any atom is 0.230 e. The first kappa shape index (κ1) is 19.6. The first-order valence-electron chi connectivity index (χ1n) is 9.23. The number of nitriles is 2. The summed E-state index contributed by atoms with van der Waals surface area (Å²) in [5.41, 5.74) is 2.85. The van der Waals surface area contributed by atoms with Crippen LogP contribution in [0.5, 0.6) is 11.6 Å². The molecule has 0 amide bonds. The average molecular weight is 407 g/mol. The largest absolute Gasteiger partial charge is 0.439 e. The number of nitrogens with one attached hydrogen (secondary N) is 1. The highest BCUT2D eigenvalue weighted by Gasteiger charge is 2.09. The molecule has 0 bridgehead atoms. The minimum atomic E-state index is -0.452. The number of rotatable bonds is 5. The van der Waals surface area contributed by atoms with Crippen LogP contribution in [-0.4, -0.2) is 9.97 Å². The molecule has 0 aliphatic heterocycles. The van der Waals surface area contributed by atoms with Crippen LogP contribution >= 0.6 is 0 Å². The van der Waals surface area contributed by atoms with Crippen molar-refractivity contribution >= 4 is 11.6 Å². The molecule has 0 fully saturated rings. The Bertz CT molecular complexity index is 1310. The number of nitrogens with zero attached hydrogens (tertiary/aromatic N) is 4. The van der Waals surface area contributed by atoms with E-state index in [0.29, 0.717) is 33.9 Å². The van der Waals surface area contributed by atoms with Crippen LogP contribution in [0, 0.1) is 28.5 Å². The van der Waals surface area contributed by atoms with Gasteiger partial charge in [-0.25, -0.2) is 9.37 Å². The summed E-state index contributed by atoms with van der Waals surface area (Å²) < 4.78 is 20.3. The molecule has 7 heteroatoms. The summed E-state index contributed by atoms with van der Waals surface area (Å²) >= 11 is 0. The highest BCUT2D eigenvalue weighted by molar-refractivity contribution is 5.66. The maximum atomic E-state index is 14.6. The molecule has 4 aromatic rings. The summed E-state index contributed by atoms with van der Waals surface area (Å²) in [5, 5.41) is 20.8. The Hall–Kier alpha value is -4.75. The van der Waals surface area contributed by atoms with Gasteiger partial charge in [-0.15, -0.1) is 0 Å². The molecule has 6 nitrogen and oxygen atoms in total. The fraction of sp³-hybridized carbons (Fsp3) is 0. The van der Waals surface area contributed by atoms with E-state index in [9.17, 15) is 4.39 Å². The van der Waals surface area contributed by atoms with E-state index < -0.39 is 5.82 Å². The lowest BCUT2D eigenvalue weighted by Gasteiger charge is -2.09. The van der Waals surface area contributed by atoms with Gasteiger partial charge in [-0.05, 0) is 54.1 Å². The van der Waals surface area contributed by atoms with Crippen LogP contribution in [0.2, 0.25) is 0 Å². The van der Waals surface area contributed by atoms with E-state index in [-0.39, 0.29) is 11.6 Å². The summed E-state index contributed by atoms with van der Waals surface area (Å²) in [6.07, 6.45) is 1.52. The van der Waals surface area contributed by atoms with E-state index in [4.69, 9.17) is 15.3 Å². The Kier molecular flexibility index (Phi) is 5.51. The fourth-order valence-corrected chi connectivity index (χ4v) is 2.85. The molecule has 31 heavy (non-hydrogen) atoms. The summed E-state index contributed by atoms with van der Waals surface area (Å²) in [4.78, 5) is 8.41. The molecule has 0 spiro atoms. The number of halogens is 1. The van der Waals surface area contributed by atoms with Gasteiger partial charge in [0.15, 0.2) is 0 Å². The summed E-state index contributed by atoms with van der Waals surface area (Å²) in [6, 6.07) is 23.7. The van der Waals surface area contributed by atoms with Gasteiger partial charge in [0.05, 0.1) is 23.3 Å². The van der Waals surface area contributed by atoms with Crippen molar-refractivity contribution in [3.05, 3.63) is 95.9 Å². The lowest BCUT2D eigenvalue weighted by atomic mass is 10.0. The SMILES string of the molecule is N#Cc1ccc(Nc2nccc(Oc3ccc(-c4ccc(C#N)cc4)c(F)c3)n2)cc1. The molecule has 3 aromatic carbocycles. The maximum absolute atomic E-state index is 14.6. The number of hydrogen-bond donors (Lipinski definition) is 1. The number of aromatic nitrogens is 2. The molecule has 1 aromatic heterocycles. The van der Waals surface area contributed by atoms with E-state index in [2.05, 4.69) is 21.4 Å². The zero-order valence-corrected chi connectivity index (χ0v) is 16.1. The topological polar surface area (TPSA) is 94.6 Å². The van der Waals surface area contributed by atoms with E-state index in [1.807, 2.05) is 6.07 Å². The Balaban J connectivity index is 1.50. The van der Waals surface area contributed by atoms with Gasteiger partial charge in [0.2, 0.25) is 11.8 Å². The van der Waals surface area contributed by atoms with Crippen LogP contribution in [0.4, 0.5) is 16.0 Å². The number of ether oxygens (including phenoxy) is 1. The van der Waals surface area contributed by atoms with Gasteiger partial charge in [-0.1, -0.05) is 12.1 Å². The van der Waals surface area contributed by atoms with Crippen LogP contribution in [-0.2, 0) is 0 Å². The van der Waals surface area contributed by atoms with Gasteiger partial charge >= 0.3 is 0 Å². The lowest BCUT2D eigenvalue weighted by molar-refractivity contribution is 0.458. The van der Waals surface area contributed by atoms with E-state index in [1.165, 1.54) is 12.3 Å². The molecule has 0 saturated heterocycles. The number of anilines is 2. The third-order valence-corrected chi connectivity index (χ3v) is 4.39. The number of hydrogen-bond acceptors (Lipinski definition) is 6. The van der Waals surface area contributed by atoms with Crippen molar-refractivity contribution in [2.75, 3.05) is 5.32 Å². The molecular formula is C24H14FN5O. The molecule has 0 radical (unpaired) electrons. The summed E-state index contributed by atoms with van der Waals surface area (Å²) in [5.74, 6) is 0.388. The van der Waals surface area contributed by atoms with Crippen molar-refractivity contribution in [3.8, 4) is 34.9 Å². The fourth-order valence-electron chi connectivity index (χ4n) is 2.85. The van der Waals surface area contributed by atoms with Crippen LogP contribution in [0.3, 0.4) is 0 Å². The van der Waals surface area contributed by atoms with Crippen LogP contribution in [0.15, 0.2) is 79.0 Å². The Morgan fingerprint density at radius 3 is 2.16 bits per heavy atom. The third kappa shape index (κ3) is 4.64. The normalized spacial score (nSPS) is 10.0. The molecule has 1 N–H and O–H groups in total. The second kappa shape index (κ2) is 8.73. The average Bonchev–Trinajstić information content (AvgIpc) is 2.80. The molecular weight excluding hydrogens is 393 g/mol. The van der Waals surface area contributed by atoms with Crippen LogP contribution in [0.1, 0.15) is 11.1 Å². The smallest absolute Gasteiger partial charge is 0.230 e. The van der Waals surface area contributed by atoms with Crippen molar-refractivity contribution < 1.29 is 9.13 Å². The van der Waals surface area contributed by atoms with E-state index in [0.717, 1.165) is 0 Å². The minimum absolute atomic E-state index is 0.247. The van der Waals surface area contributed by atoms with E-state index in [1.54, 1.807) is 66.7 Å². The Labute approximate surface area is 177 Å². The molecule has 148 valence electrons. The predicted octanol–water partition coefficient (Wildman–Crippen LogP) is 5.56. The molecule has 4 rings (SSSR count). The highest BCUT2D eigenvalue weighted by Crippen LogP contribution is 2.29. The van der Waals surface area contributed by atoms with Gasteiger partial charge in [0.1, 0.15) is 11.6 Å². The third-order valence-electron chi connectivity index (χ3n) is 4.39. The van der Waals surface area contributed by atoms with Crippen LogP contribution < -0.4 is 10.1 Å².